The lowest BCUT2D eigenvalue weighted by Gasteiger charge is -2.25. The Morgan fingerprint density at radius 3 is 2.56 bits per heavy atom. The van der Waals surface area contributed by atoms with Crippen LogP contribution in [0.2, 0.25) is 0 Å². The van der Waals surface area contributed by atoms with E-state index in [1.807, 2.05) is 0 Å². The molecule has 5 heteroatoms. The number of carboxylic acid groups (broad SMARTS) is 1. The number of aliphatic carboxylic acids is 1. The van der Waals surface area contributed by atoms with Crippen LogP contribution in [0.5, 0.6) is 0 Å². The molecule has 0 saturated heterocycles. The van der Waals surface area contributed by atoms with E-state index in [0.717, 1.165) is 12.8 Å². The molecule has 0 spiro atoms. The highest BCUT2D eigenvalue weighted by molar-refractivity contribution is 5.83. The third-order valence-electron chi connectivity index (χ3n) is 3.27. The molecule has 0 heterocycles. The average molecular weight is 228 g/mol. The van der Waals surface area contributed by atoms with Crippen molar-refractivity contribution in [1.82, 2.24) is 5.32 Å². The molecule has 0 aromatic heterocycles. The van der Waals surface area contributed by atoms with Gasteiger partial charge in [0.25, 0.3) is 0 Å². The van der Waals surface area contributed by atoms with Crippen LogP contribution in [-0.2, 0) is 9.59 Å². The molecular formula is C11H20N2O3. The highest BCUT2D eigenvalue weighted by Gasteiger charge is 2.36. The minimum absolute atomic E-state index is 0.159. The van der Waals surface area contributed by atoms with E-state index in [4.69, 9.17) is 10.8 Å². The fourth-order valence-electron chi connectivity index (χ4n) is 1.88. The van der Waals surface area contributed by atoms with Gasteiger partial charge in [0.15, 0.2) is 0 Å². The van der Waals surface area contributed by atoms with E-state index in [0.29, 0.717) is 6.42 Å². The third-order valence-corrected chi connectivity index (χ3v) is 3.27. The normalized spacial score (nSPS) is 25.4. The molecule has 1 rings (SSSR count). The van der Waals surface area contributed by atoms with Crippen molar-refractivity contribution < 1.29 is 14.7 Å². The molecule has 92 valence electrons. The van der Waals surface area contributed by atoms with E-state index in [9.17, 15) is 9.59 Å². The van der Waals surface area contributed by atoms with Crippen molar-refractivity contribution in [2.24, 2.45) is 17.1 Å². The van der Waals surface area contributed by atoms with Gasteiger partial charge >= 0.3 is 5.97 Å². The van der Waals surface area contributed by atoms with Crippen LogP contribution in [0.1, 0.15) is 33.1 Å². The molecule has 1 saturated carbocycles. The Labute approximate surface area is 95.4 Å². The monoisotopic (exact) mass is 228 g/mol. The van der Waals surface area contributed by atoms with Gasteiger partial charge in [-0.2, -0.15) is 0 Å². The topological polar surface area (TPSA) is 92.4 Å². The number of amides is 1. The first-order valence-electron chi connectivity index (χ1n) is 5.62. The molecule has 4 N–H and O–H groups in total. The number of carboxylic acids is 1. The smallest absolute Gasteiger partial charge is 0.308 e. The molecule has 5 nitrogen and oxygen atoms in total. The van der Waals surface area contributed by atoms with E-state index in [2.05, 4.69) is 5.32 Å². The maximum absolute atomic E-state index is 11.8. The van der Waals surface area contributed by atoms with Gasteiger partial charge in [0.1, 0.15) is 0 Å². The Kier molecular flexibility index (Phi) is 3.91. The van der Waals surface area contributed by atoms with Crippen molar-refractivity contribution in [3.05, 3.63) is 0 Å². The maximum Gasteiger partial charge on any atom is 0.308 e. The summed E-state index contributed by atoms with van der Waals surface area (Å²) in [6.07, 6.45) is 2.23. The average Bonchev–Trinajstić information content (AvgIpc) is 2.65. The van der Waals surface area contributed by atoms with Crippen LogP contribution < -0.4 is 11.1 Å². The number of nitrogens with one attached hydrogen (secondary N) is 1. The number of carbonyl (C=O) groups is 2. The zero-order valence-electron chi connectivity index (χ0n) is 9.82. The first-order chi connectivity index (χ1) is 7.38. The zero-order chi connectivity index (χ0) is 12.3. The van der Waals surface area contributed by atoms with Crippen molar-refractivity contribution in [1.29, 1.82) is 0 Å². The van der Waals surface area contributed by atoms with Crippen molar-refractivity contribution in [2.75, 3.05) is 6.54 Å². The van der Waals surface area contributed by atoms with E-state index in [-0.39, 0.29) is 18.5 Å². The van der Waals surface area contributed by atoms with E-state index in [1.165, 1.54) is 0 Å². The summed E-state index contributed by atoms with van der Waals surface area (Å²) in [5.74, 6) is -1.43. The van der Waals surface area contributed by atoms with Gasteiger partial charge in [-0.3, -0.25) is 9.59 Å². The van der Waals surface area contributed by atoms with E-state index < -0.39 is 17.3 Å². The summed E-state index contributed by atoms with van der Waals surface area (Å²) in [5.41, 5.74) is 4.87. The molecule has 1 fully saturated rings. The first-order valence-corrected chi connectivity index (χ1v) is 5.62. The summed E-state index contributed by atoms with van der Waals surface area (Å²) < 4.78 is 0. The fraction of sp³-hybridized carbons (Fsp3) is 0.818. The fourth-order valence-corrected chi connectivity index (χ4v) is 1.88. The predicted molar refractivity (Wildman–Crippen MR) is 59.7 cm³/mol. The molecule has 1 aliphatic carbocycles. The Hall–Kier alpha value is -1.10. The highest BCUT2D eigenvalue weighted by Crippen LogP contribution is 2.27. The maximum atomic E-state index is 11.8. The first kappa shape index (κ1) is 13.0. The number of rotatable bonds is 4. The van der Waals surface area contributed by atoms with Crippen molar-refractivity contribution in [3.8, 4) is 0 Å². The third kappa shape index (κ3) is 2.72. The molecule has 0 aliphatic heterocycles. The van der Waals surface area contributed by atoms with Crippen LogP contribution in [0.4, 0.5) is 0 Å². The van der Waals surface area contributed by atoms with Gasteiger partial charge in [0, 0.05) is 12.6 Å². The minimum Gasteiger partial charge on any atom is -0.481 e. The van der Waals surface area contributed by atoms with Crippen LogP contribution >= 0.6 is 0 Å². The summed E-state index contributed by atoms with van der Waals surface area (Å²) >= 11 is 0. The van der Waals surface area contributed by atoms with Crippen molar-refractivity contribution in [3.63, 3.8) is 0 Å². The van der Waals surface area contributed by atoms with Crippen LogP contribution in [0.3, 0.4) is 0 Å². The SMILES string of the molecule is CC(C)(CN)C(=O)NC1CCCC1C(=O)O. The van der Waals surface area contributed by atoms with Gasteiger partial charge in [-0.05, 0) is 26.7 Å². The van der Waals surface area contributed by atoms with Crippen LogP contribution in [0.25, 0.3) is 0 Å². The lowest BCUT2D eigenvalue weighted by Crippen LogP contribution is -2.48. The van der Waals surface area contributed by atoms with Crippen LogP contribution in [-0.4, -0.2) is 29.6 Å². The van der Waals surface area contributed by atoms with E-state index >= 15 is 0 Å². The molecule has 0 aromatic carbocycles. The molecule has 1 aliphatic rings. The number of hydrogen-bond acceptors (Lipinski definition) is 3. The molecule has 0 radical (unpaired) electrons. The summed E-state index contributed by atoms with van der Waals surface area (Å²) in [6.45, 7) is 3.77. The van der Waals surface area contributed by atoms with Gasteiger partial charge in [0.2, 0.25) is 5.91 Å². The molecule has 2 atom stereocenters. The Morgan fingerprint density at radius 1 is 1.44 bits per heavy atom. The van der Waals surface area contributed by atoms with Gasteiger partial charge in [-0.25, -0.2) is 0 Å². The van der Waals surface area contributed by atoms with Crippen molar-refractivity contribution >= 4 is 11.9 Å². The largest absolute Gasteiger partial charge is 0.481 e. The molecule has 16 heavy (non-hydrogen) atoms. The van der Waals surface area contributed by atoms with Gasteiger partial charge in [-0.1, -0.05) is 6.42 Å². The summed E-state index contributed by atoms with van der Waals surface area (Å²) in [6, 6.07) is -0.240. The Balaban J connectivity index is 2.60. The lowest BCUT2D eigenvalue weighted by atomic mass is 9.91. The van der Waals surface area contributed by atoms with Crippen molar-refractivity contribution in [2.45, 2.75) is 39.2 Å². The van der Waals surface area contributed by atoms with Gasteiger partial charge < -0.3 is 16.2 Å². The number of nitrogens with two attached hydrogens (primary N) is 1. The summed E-state index contributed by atoms with van der Waals surface area (Å²) in [5, 5.41) is 11.8. The lowest BCUT2D eigenvalue weighted by molar-refractivity contribution is -0.142. The molecule has 2 unspecified atom stereocenters. The van der Waals surface area contributed by atoms with E-state index in [1.54, 1.807) is 13.8 Å². The predicted octanol–water partition coefficient (Wildman–Crippen LogP) is 0.341. The quantitative estimate of drug-likeness (QED) is 0.647. The number of carbonyl (C=O) groups excluding carboxylic acids is 1. The summed E-state index contributed by atoms with van der Waals surface area (Å²) in [7, 11) is 0. The zero-order valence-corrected chi connectivity index (χ0v) is 9.82. The molecular weight excluding hydrogens is 208 g/mol. The molecule has 0 aromatic rings. The van der Waals surface area contributed by atoms with Gasteiger partial charge in [0.05, 0.1) is 11.3 Å². The second-order valence-electron chi connectivity index (χ2n) is 5.04. The molecule has 0 bridgehead atoms. The molecule has 1 amide bonds. The standard InChI is InChI=1S/C11H20N2O3/c1-11(2,6-12)10(16)13-8-5-3-4-7(8)9(14)15/h7-8H,3-6,12H2,1-2H3,(H,13,16)(H,14,15). The summed E-state index contributed by atoms with van der Waals surface area (Å²) in [4.78, 5) is 22.8. The van der Waals surface area contributed by atoms with Crippen LogP contribution in [0, 0.1) is 11.3 Å². The van der Waals surface area contributed by atoms with Gasteiger partial charge in [-0.15, -0.1) is 0 Å². The minimum atomic E-state index is -0.826. The Bertz CT molecular complexity index is 289. The van der Waals surface area contributed by atoms with Crippen LogP contribution in [0.15, 0.2) is 0 Å². The Morgan fingerprint density at radius 2 is 2.06 bits per heavy atom. The number of hydrogen-bond donors (Lipinski definition) is 3. The highest BCUT2D eigenvalue weighted by atomic mass is 16.4. The second-order valence-corrected chi connectivity index (χ2v) is 5.04. The second kappa shape index (κ2) is 4.82.